The molecule has 0 amide bonds. The zero-order valence-corrected chi connectivity index (χ0v) is 11.2. The van der Waals surface area contributed by atoms with E-state index in [2.05, 4.69) is 42.3 Å². The Hall–Kier alpha value is -1.61. The second-order valence-corrected chi connectivity index (χ2v) is 4.69. The van der Waals surface area contributed by atoms with Gasteiger partial charge in [-0.1, -0.05) is 32.0 Å². The predicted molar refractivity (Wildman–Crippen MR) is 75.1 cm³/mol. The summed E-state index contributed by atoms with van der Waals surface area (Å²) in [5.41, 5.74) is 2.04. The minimum atomic E-state index is 0.514. The summed E-state index contributed by atoms with van der Waals surface area (Å²) in [5, 5.41) is 4.52. The van der Waals surface area contributed by atoms with Gasteiger partial charge >= 0.3 is 0 Å². The molecule has 0 radical (unpaired) electrons. The molecular formula is C15H20N2O. The van der Waals surface area contributed by atoms with Gasteiger partial charge in [0.2, 0.25) is 0 Å². The molecule has 3 heteroatoms. The highest BCUT2D eigenvalue weighted by molar-refractivity contribution is 5.84. The maximum atomic E-state index is 5.35. The van der Waals surface area contributed by atoms with Gasteiger partial charge in [0, 0.05) is 30.1 Å². The lowest BCUT2D eigenvalue weighted by atomic mass is 10.1. The van der Waals surface area contributed by atoms with Gasteiger partial charge in [0.05, 0.1) is 7.11 Å². The van der Waals surface area contributed by atoms with Crippen molar-refractivity contribution in [1.82, 2.24) is 10.3 Å². The number of aromatic nitrogens is 1. The number of hydrogen-bond acceptors (Lipinski definition) is 3. The number of rotatable bonds is 5. The van der Waals surface area contributed by atoms with Crippen LogP contribution in [-0.4, -0.2) is 24.7 Å². The van der Waals surface area contributed by atoms with Crippen LogP contribution in [0.2, 0.25) is 0 Å². The van der Waals surface area contributed by atoms with Crippen molar-refractivity contribution in [2.24, 2.45) is 0 Å². The first-order valence-electron chi connectivity index (χ1n) is 6.36. The fourth-order valence-electron chi connectivity index (χ4n) is 1.95. The van der Waals surface area contributed by atoms with Crippen LogP contribution in [0.1, 0.15) is 19.5 Å². The fourth-order valence-corrected chi connectivity index (χ4v) is 1.95. The molecule has 0 saturated heterocycles. The Morgan fingerprint density at radius 1 is 1.22 bits per heavy atom. The average molecular weight is 244 g/mol. The Morgan fingerprint density at radius 2 is 2.06 bits per heavy atom. The molecule has 1 aromatic heterocycles. The molecule has 0 aliphatic carbocycles. The molecule has 0 aliphatic rings. The van der Waals surface area contributed by atoms with Crippen LogP contribution >= 0.6 is 0 Å². The van der Waals surface area contributed by atoms with E-state index >= 15 is 0 Å². The first-order valence-corrected chi connectivity index (χ1v) is 6.36. The van der Waals surface area contributed by atoms with Gasteiger partial charge in [-0.25, -0.2) is 4.98 Å². The van der Waals surface area contributed by atoms with E-state index in [1.807, 2.05) is 12.1 Å². The van der Waals surface area contributed by atoms with Gasteiger partial charge in [0.25, 0.3) is 0 Å². The fraction of sp³-hybridized carbons (Fsp3) is 0.400. The van der Waals surface area contributed by atoms with E-state index in [1.54, 1.807) is 7.11 Å². The Labute approximate surface area is 108 Å². The molecule has 0 unspecified atom stereocenters. The summed E-state index contributed by atoms with van der Waals surface area (Å²) in [4.78, 5) is 4.68. The molecule has 0 aliphatic heterocycles. The Kier molecular flexibility index (Phi) is 4.15. The molecule has 2 aromatic rings. The summed E-state index contributed by atoms with van der Waals surface area (Å²) in [6, 6.07) is 10.7. The van der Waals surface area contributed by atoms with Crippen LogP contribution in [0.25, 0.3) is 10.9 Å². The van der Waals surface area contributed by atoms with Crippen molar-refractivity contribution in [3.05, 3.63) is 36.0 Å². The Morgan fingerprint density at radius 3 is 2.78 bits per heavy atom. The number of fused-ring (bicyclic) bond motifs is 1. The summed E-state index contributed by atoms with van der Waals surface area (Å²) in [6.07, 6.45) is 0.937. The lowest BCUT2D eigenvalue weighted by molar-refractivity contribution is 0.419. The summed E-state index contributed by atoms with van der Waals surface area (Å²) in [7, 11) is 1.68. The minimum Gasteiger partial charge on any atom is -0.494 e. The van der Waals surface area contributed by atoms with Crippen molar-refractivity contribution < 1.29 is 4.74 Å². The van der Waals surface area contributed by atoms with E-state index < -0.39 is 0 Å². The van der Waals surface area contributed by atoms with Crippen molar-refractivity contribution >= 4 is 10.9 Å². The molecule has 18 heavy (non-hydrogen) atoms. The molecule has 0 atom stereocenters. The van der Waals surface area contributed by atoms with Crippen LogP contribution in [0.5, 0.6) is 5.75 Å². The maximum Gasteiger partial charge on any atom is 0.145 e. The third kappa shape index (κ3) is 2.99. The van der Waals surface area contributed by atoms with E-state index in [0.29, 0.717) is 6.04 Å². The molecule has 1 aromatic carbocycles. The molecule has 0 bridgehead atoms. The molecule has 0 saturated carbocycles. The van der Waals surface area contributed by atoms with Crippen molar-refractivity contribution in [3.63, 3.8) is 0 Å². The number of ether oxygens (including phenoxy) is 1. The standard InChI is InChI=1S/C15H20N2O/c1-11(2)16-10-9-13-8-7-12-5-4-6-14(18-3)15(12)17-13/h4-8,11,16H,9-10H2,1-3H3. The van der Waals surface area contributed by atoms with Gasteiger partial charge in [0.15, 0.2) is 0 Å². The third-order valence-corrected chi connectivity index (χ3v) is 2.89. The Balaban J connectivity index is 2.20. The summed E-state index contributed by atoms with van der Waals surface area (Å²) in [6.45, 7) is 5.25. The largest absolute Gasteiger partial charge is 0.494 e. The lowest BCUT2D eigenvalue weighted by Gasteiger charge is -2.09. The highest BCUT2D eigenvalue weighted by Gasteiger charge is 2.04. The maximum absolute atomic E-state index is 5.35. The van der Waals surface area contributed by atoms with E-state index in [0.717, 1.165) is 35.3 Å². The van der Waals surface area contributed by atoms with Gasteiger partial charge in [0.1, 0.15) is 11.3 Å². The van der Waals surface area contributed by atoms with Crippen molar-refractivity contribution in [2.75, 3.05) is 13.7 Å². The van der Waals surface area contributed by atoms with Crippen LogP contribution in [0.4, 0.5) is 0 Å². The lowest BCUT2D eigenvalue weighted by Crippen LogP contribution is -2.25. The minimum absolute atomic E-state index is 0.514. The highest BCUT2D eigenvalue weighted by atomic mass is 16.5. The van der Waals surface area contributed by atoms with E-state index in [1.165, 1.54) is 0 Å². The zero-order valence-electron chi connectivity index (χ0n) is 11.2. The number of nitrogens with zero attached hydrogens (tertiary/aromatic N) is 1. The van der Waals surface area contributed by atoms with Crippen molar-refractivity contribution in [2.45, 2.75) is 26.3 Å². The second kappa shape index (κ2) is 5.83. The number of methoxy groups -OCH3 is 1. The van der Waals surface area contributed by atoms with E-state index in [4.69, 9.17) is 4.74 Å². The highest BCUT2D eigenvalue weighted by Crippen LogP contribution is 2.23. The second-order valence-electron chi connectivity index (χ2n) is 4.69. The summed E-state index contributed by atoms with van der Waals surface area (Å²) < 4.78 is 5.35. The van der Waals surface area contributed by atoms with E-state index in [-0.39, 0.29) is 0 Å². The van der Waals surface area contributed by atoms with Gasteiger partial charge in [-0.3, -0.25) is 0 Å². The molecule has 3 nitrogen and oxygen atoms in total. The van der Waals surface area contributed by atoms with Crippen LogP contribution in [0.15, 0.2) is 30.3 Å². The molecule has 0 spiro atoms. The third-order valence-electron chi connectivity index (χ3n) is 2.89. The van der Waals surface area contributed by atoms with Gasteiger partial charge < -0.3 is 10.1 Å². The normalized spacial score (nSPS) is 11.1. The van der Waals surface area contributed by atoms with Crippen LogP contribution in [0.3, 0.4) is 0 Å². The topological polar surface area (TPSA) is 34.1 Å². The van der Waals surface area contributed by atoms with E-state index in [9.17, 15) is 0 Å². The molecule has 1 N–H and O–H groups in total. The van der Waals surface area contributed by atoms with Crippen LogP contribution in [-0.2, 0) is 6.42 Å². The number of para-hydroxylation sites is 1. The first kappa shape index (κ1) is 12.8. The molecule has 0 fully saturated rings. The molecule has 1 heterocycles. The first-order chi connectivity index (χ1) is 8.70. The van der Waals surface area contributed by atoms with Crippen molar-refractivity contribution in [1.29, 1.82) is 0 Å². The summed E-state index contributed by atoms with van der Waals surface area (Å²) in [5.74, 6) is 0.839. The summed E-state index contributed by atoms with van der Waals surface area (Å²) >= 11 is 0. The zero-order chi connectivity index (χ0) is 13.0. The Bertz CT molecular complexity index is 523. The number of hydrogen-bond donors (Lipinski definition) is 1. The smallest absolute Gasteiger partial charge is 0.145 e. The monoisotopic (exact) mass is 244 g/mol. The molecule has 2 rings (SSSR count). The van der Waals surface area contributed by atoms with Crippen LogP contribution in [0, 0.1) is 0 Å². The number of benzene rings is 1. The van der Waals surface area contributed by atoms with Gasteiger partial charge in [-0.15, -0.1) is 0 Å². The van der Waals surface area contributed by atoms with Gasteiger partial charge in [-0.05, 0) is 12.1 Å². The predicted octanol–water partition coefficient (Wildman–Crippen LogP) is 2.78. The average Bonchev–Trinajstić information content (AvgIpc) is 2.37. The van der Waals surface area contributed by atoms with Gasteiger partial charge in [-0.2, -0.15) is 0 Å². The number of nitrogens with one attached hydrogen (secondary N) is 1. The quantitative estimate of drug-likeness (QED) is 0.878. The number of pyridine rings is 1. The van der Waals surface area contributed by atoms with Crippen molar-refractivity contribution in [3.8, 4) is 5.75 Å². The molecule has 96 valence electrons. The SMILES string of the molecule is COc1cccc2ccc(CCNC(C)C)nc12. The molecular weight excluding hydrogens is 224 g/mol. The van der Waals surface area contributed by atoms with Crippen LogP contribution < -0.4 is 10.1 Å².